The number of thiophene rings is 1. The van der Waals surface area contributed by atoms with Gasteiger partial charge in [-0.05, 0) is 41.5 Å². The van der Waals surface area contributed by atoms with Crippen molar-refractivity contribution in [2.75, 3.05) is 0 Å². The minimum Gasteiger partial charge on any atom is -0.309 e. The fourth-order valence-corrected chi connectivity index (χ4v) is 10.1. The maximum Gasteiger partial charge on any atom is 0.164 e. The summed E-state index contributed by atoms with van der Waals surface area (Å²) < 4.78 is 3.61. The Labute approximate surface area is 361 Å². The summed E-state index contributed by atoms with van der Waals surface area (Å²) in [5.74, 6) is 1.91. The lowest BCUT2D eigenvalue weighted by atomic mass is 9.94. The summed E-state index contributed by atoms with van der Waals surface area (Å²) in [6.07, 6.45) is 0. The highest BCUT2D eigenvalue weighted by atomic mass is 32.1. The van der Waals surface area contributed by atoms with Crippen molar-refractivity contribution in [3.63, 3.8) is 0 Å². The number of aromatic nitrogens is 5. The van der Waals surface area contributed by atoms with Crippen LogP contribution >= 0.6 is 11.3 Å². The van der Waals surface area contributed by atoms with Crippen molar-refractivity contribution in [1.29, 1.82) is 0 Å². The van der Waals surface area contributed by atoms with Gasteiger partial charge < -0.3 is 4.57 Å². The van der Waals surface area contributed by atoms with Gasteiger partial charge in [0.1, 0.15) is 0 Å². The Hall–Kier alpha value is -8.06. The first-order chi connectivity index (χ1) is 30.7. The van der Waals surface area contributed by atoms with Crippen molar-refractivity contribution in [3.8, 4) is 72.7 Å². The molecule has 0 N–H and O–H groups in total. The number of fused-ring (bicyclic) bond motifs is 6. The van der Waals surface area contributed by atoms with Crippen LogP contribution in [0.1, 0.15) is 0 Å². The van der Waals surface area contributed by atoms with Gasteiger partial charge >= 0.3 is 0 Å². The molecule has 62 heavy (non-hydrogen) atoms. The lowest BCUT2D eigenvalue weighted by molar-refractivity contribution is 1.07. The van der Waals surface area contributed by atoms with Crippen molar-refractivity contribution in [3.05, 3.63) is 212 Å². The van der Waals surface area contributed by atoms with E-state index in [0.29, 0.717) is 17.5 Å². The first kappa shape index (κ1) is 35.8. The van der Waals surface area contributed by atoms with Gasteiger partial charge in [-0.2, -0.15) is 0 Å². The summed E-state index contributed by atoms with van der Waals surface area (Å²) in [6, 6.07) is 74.5. The first-order valence-electron chi connectivity index (χ1n) is 20.7. The van der Waals surface area contributed by atoms with E-state index in [1.54, 1.807) is 0 Å². The molecule has 5 nitrogen and oxygen atoms in total. The van der Waals surface area contributed by atoms with Gasteiger partial charge in [-0.1, -0.05) is 182 Å². The molecule has 4 aromatic heterocycles. The maximum absolute atomic E-state index is 5.42. The third-order valence-corrected chi connectivity index (χ3v) is 12.9. The summed E-state index contributed by atoms with van der Waals surface area (Å²) in [7, 11) is 0. The molecule has 0 aliphatic heterocycles. The largest absolute Gasteiger partial charge is 0.309 e. The molecule has 8 aromatic carbocycles. The zero-order chi connectivity index (χ0) is 41.0. The van der Waals surface area contributed by atoms with Gasteiger partial charge in [0, 0.05) is 64.6 Å². The van der Waals surface area contributed by atoms with Gasteiger partial charge in [-0.25, -0.2) is 19.9 Å². The normalized spacial score (nSPS) is 11.5. The zero-order valence-corrected chi connectivity index (χ0v) is 34.2. The maximum atomic E-state index is 5.42. The minimum absolute atomic E-state index is 0.626. The number of hydrogen-bond donors (Lipinski definition) is 0. The summed E-state index contributed by atoms with van der Waals surface area (Å²) in [5, 5.41) is 4.77. The molecular weight excluding hydrogens is 775 g/mol. The van der Waals surface area contributed by atoms with Crippen LogP contribution in [0.25, 0.3) is 115 Å². The molecule has 4 heterocycles. The van der Waals surface area contributed by atoms with Gasteiger partial charge in [0.25, 0.3) is 0 Å². The second-order valence-corrected chi connectivity index (χ2v) is 16.4. The molecule has 12 aromatic rings. The van der Waals surface area contributed by atoms with Gasteiger partial charge in [0.15, 0.2) is 17.5 Å². The van der Waals surface area contributed by atoms with Crippen LogP contribution in [0.4, 0.5) is 0 Å². The summed E-state index contributed by atoms with van der Waals surface area (Å²) in [4.78, 5) is 21.6. The van der Waals surface area contributed by atoms with E-state index in [-0.39, 0.29) is 0 Å². The van der Waals surface area contributed by atoms with E-state index in [2.05, 4.69) is 156 Å². The number of benzene rings is 8. The number of hydrogen-bond acceptors (Lipinski definition) is 5. The van der Waals surface area contributed by atoms with E-state index >= 15 is 0 Å². The van der Waals surface area contributed by atoms with E-state index in [0.717, 1.165) is 66.6 Å². The number of para-hydroxylation sites is 3. The average Bonchev–Trinajstić information content (AvgIpc) is 3.92. The molecule has 0 aliphatic carbocycles. The third kappa shape index (κ3) is 6.08. The highest BCUT2D eigenvalue weighted by molar-refractivity contribution is 7.24. The number of pyridine rings is 1. The molecule has 0 atom stereocenters. The molecule has 0 amide bonds. The molecule has 6 heteroatoms. The van der Waals surface area contributed by atoms with Crippen LogP contribution in [0, 0.1) is 0 Å². The smallest absolute Gasteiger partial charge is 0.164 e. The van der Waals surface area contributed by atoms with Crippen molar-refractivity contribution in [2.45, 2.75) is 0 Å². The SMILES string of the molecule is c1ccc(-c2nc(-c3ccccc3)nc(-c3ccc(-c4sc5c(c(-c6ccccc6)nc6ccccc65)c4-c4cccc(-n5c6ccccc6c6ccccc65)c4)cc3)n2)cc1. The van der Waals surface area contributed by atoms with E-state index in [1.807, 2.05) is 72.0 Å². The highest BCUT2D eigenvalue weighted by Crippen LogP contribution is 2.50. The Bertz CT molecular complexity index is 3500. The van der Waals surface area contributed by atoms with Gasteiger partial charge in [-0.15, -0.1) is 11.3 Å². The molecule has 0 aliphatic rings. The van der Waals surface area contributed by atoms with Gasteiger partial charge in [0.2, 0.25) is 0 Å². The second-order valence-electron chi connectivity index (χ2n) is 15.4. The number of rotatable bonds is 7. The molecule has 12 rings (SSSR count). The summed E-state index contributed by atoms with van der Waals surface area (Å²) in [5.41, 5.74) is 12.7. The second kappa shape index (κ2) is 14.9. The molecular formula is C56H35N5S. The van der Waals surface area contributed by atoms with Crippen LogP contribution in [0.5, 0.6) is 0 Å². The fraction of sp³-hybridized carbons (Fsp3) is 0. The number of nitrogens with zero attached hydrogens (tertiary/aromatic N) is 5. The standard InChI is InChI=1S/C56H35N5S/c1-4-17-36(18-5-1)51-50-49(41-23-16-24-42(35-41)61-47-29-14-11-25-43(47)44-26-12-15-30-48(44)61)52(62-53(50)45-27-10-13-28-46(45)57-51)37-31-33-40(34-32-37)56-59-54(38-19-6-2-7-20-38)58-55(60-56)39-21-8-3-9-22-39/h1-35H. The van der Waals surface area contributed by atoms with Crippen molar-refractivity contribution in [1.82, 2.24) is 24.5 Å². The fourth-order valence-electron chi connectivity index (χ4n) is 8.78. The first-order valence-corrected chi connectivity index (χ1v) is 21.5. The van der Waals surface area contributed by atoms with E-state index in [4.69, 9.17) is 19.9 Å². The Morgan fingerprint density at radius 3 is 1.42 bits per heavy atom. The molecule has 0 radical (unpaired) electrons. The van der Waals surface area contributed by atoms with Crippen LogP contribution in [0.3, 0.4) is 0 Å². The Kier molecular flexibility index (Phi) is 8.61. The van der Waals surface area contributed by atoms with Crippen LogP contribution in [0.2, 0.25) is 0 Å². The minimum atomic E-state index is 0.626. The molecule has 0 fully saturated rings. The topological polar surface area (TPSA) is 56.5 Å². The van der Waals surface area contributed by atoms with Crippen LogP contribution in [-0.4, -0.2) is 24.5 Å². The molecule has 0 spiro atoms. The van der Waals surface area contributed by atoms with E-state index in [1.165, 1.54) is 31.4 Å². The van der Waals surface area contributed by atoms with Gasteiger partial charge in [0.05, 0.1) is 22.2 Å². The van der Waals surface area contributed by atoms with Crippen LogP contribution in [0.15, 0.2) is 212 Å². The van der Waals surface area contributed by atoms with Crippen LogP contribution in [-0.2, 0) is 0 Å². The molecule has 0 saturated carbocycles. The quantitative estimate of drug-likeness (QED) is 0.161. The van der Waals surface area contributed by atoms with E-state index in [9.17, 15) is 0 Å². The van der Waals surface area contributed by atoms with Gasteiger partial charge in [-0.3, -0.25) is 0 Å². The third-order valence-electron chi connectivity index (χ3n) is 11.7. The molecule has 0 unspecified atom stereocenters. The molecule has 0 bridgehead atoms. The Morgan fingerprint density at radius 1 is 0.355 bits per heavy atom. The molecule has 290 valence electrons. The van der Waals surface area contributed by atoms with Crippen molar-refractivity contribution in [2.24, 2.45) is 0 Å². The predicted octanol–water partition coefficient (Wildman–Crippen LogP) is 14.7. The zero-order valence-electron chi connectivity index (χ0n) is 33.4. The Morgan fingerprint density at radius 2 is 0.823 bits per heavy atom. The average molecular weight is 810 g/mol. The molecule has 0 saturated heterocycles. The van der Waals surface area contributed by atoms with Crippen molar-refractivity contribution >= 4 is 54.1 Å². The van der Waals surface area contributed by atoms with Crippen molar-refractivity contribution < 1.29 is 0 Å². The lowest BCUT2D eigenvalue weighted by Gasteiger charge is -2.13. The predicted molar refractivity (Wildman–Crippen MR) is 257 cm³/mol. The van der Waals surface area contributed by atoms with E-state index < -0.39 is 0 Å². The van der Waals surface area contributed by atoms with Crippen LogP contribution < -0.4 is 0 Å². The summed E-state index contributed by atoms with van der Waals surface area (Å²) >= 11 is 1.83. The monoisotopic (exact) mass is 809 g/mol. The lowest BCUT2D eigenvalue weighted by Crippen LogP contribution is -2.00. The Balaban J connectivity index is 1.08. The summed E-state index contributed by atoms with van der Waals surface area (Å²) in [6.45, 7) is 0. The highest BCUT2D eigenvalue weighted by Gasteiger charge is 2.24.